The zero-order valence-corrected chi connectivity index (χ0v) is 13.3. The van der Waals surface area contributed by atoms with E-state index in [0.29, 0.717) is 0 Å². The first-order valence-electron chi connectivity index (χ1n) is 6.93. The van der Waals surface area contributed by atoms with Crippen LogP contribution >= 0.6 is 11.3 Å². The molecule has 3 nitrogen and oxygen atoms in total. The number of anilines is 1. The van der Waals surface area contributed by atoms with Gasteiger partial charge in [-0.3, -0.25) is 9.59 Å². The van der Waals surface area contributed by atoms with Crippen molar-refractivity contribution in [1.29, 1.82) is 0 Å². The minimum absolute atomic E-state index is 0.0317. The maximum absolute atomic E-state index is 12.0. The molecular formula is C17H19NO2S. The Bertz CT molecular complexity index is 673. The Morgan fingerprint density at radius 2 is 1.81 bits per heavy atom. The second-order valence-electron chi connectivity index (χ2n) is 5.13. The van der Waals surface area contributed by atoms with Gasteiger partial charge in [0.15, 0.2) is 5.78 Å². The van der Waals surface area contributed by atoms with E-state index in [1.54, 1.807) is 0 Å². The predicted octanol–water partition coefficient (Wildman–Crippen LogP) is 4.27. The maximum Gasteiger partial charge on any atom is 0.224 e. The number of Topliss-reactive ketones (excluding diaryl/α,β-unsaturated/α-hetero) is 1. The fourth-order valence-corrected chi connectivity index (χ4v) is 2.87. The number of carbonyl (C=O) groups excluding carboxylic acids is 2. The molecule has 0 saturated carbocycles. The summed E-state index contributed by atoms with van der Waals surface area (Å²) in [6, 6.07) is 9.55. The third-order valence-corrected chi connectivity index (χ3v) is 4.51. The van der Waals surface area contributed by atoms with E-state index < -0.39 is 0 Å². The summed E-state index contributed by atoms with van der Waals surface area (Å²) >= 11 is 1.47. The molecule has 0 saturated heterocycles. The second-order valence-corrected chi connectivity index (χ2v) is 6.42. The standard InChI is InChI=1S/C17H19NO2S/c1-11-5-4-6-14(13(11)3)18-17(20)10-8-15(19)16-9-7-12(2)21-16/h4-7,9H,8,10H2,1-3H3,(H,18,20). The van der Waals surface area contributed by atoms with E-state index in [1.807, 2.05) is 51.1 Å². The summed E-state index contributed by atoms with van der Waals surface area (Å²) in [5, 5.41) is 2.88. The predicted molar refractivity (Wildman–Crippen MR) is 87.2 cm³/mol. The van der Waals surface area contributed by atoms with Crippen LogP contribution in [0.4, 0.5) is 5.69 Å². The molecule has 0 aliphatic rings. The topological polar surface area (TPSA) is 46.2 Å². The monoisotopic (exact) mass is 301 g/mol. The van der Waals surface area contributed by atoms with E-state index >= 15 is 0 Å². The van der Waals surface area contributed by atoms with Gasteiger partial charge in [-0.2, -0.15) is 0 Å². The molecule has 0 bridgehead atoms. The molecule has 0 fully saturated rings. The zero-order chi connectivity index (χ0) is 15.4. The van der Waals surface area contributed by atoms with Gasteiger partial charge in [0.2, 0.25) is 5.91 Å². The molecule has 1 aromatic carbocycles. The van der Waals surface area contributed by atoms with Crippen molar-refractivity contribution in [3.63, 3.8) is 0 Å². The van der Waals surface area contributed by atoms with Crippen molar-refractivity contribution in [3.8, 4) is 0 Å². The third-order valence-electron chi connectivity index (χ3n) is 3.47. The molecule has 0 aliphatic heterocycles. The van der Waals surface area contributed by atoms with Gasteiger partial charge in [-0.15, -0.1) is 11.3 Å². The summed E-state index contributed by atoms with van der Waals surface area (Å²) in [5.41, 5.74) is 3.02. The number of rotatable bonds is 5. The van der Waals surface area contributed by atoms with Gasteiger partial charge in [0, 0.05) is 23.4 Å². The number of aryl methyl sites for hydroxylation is 2. The van der Waals surface area contributed by atoms with Gasteiger partial charge < -0.3 is 5.32 Å². The first kappa shape index (κ1) is 15.4. The summed E-state index contributed by atoms with van der Waals surface area (Å²) in [6.45, 7) is 5.95. The van der Waals surface area contributed by atoms with Crippen LogP contribution in [0.3, 0.4) is 0 Å². The van der Waals surface area contributed by atoms with Gasteiger partial charge in [0.25, 0.3) is 0 Å². The smallest absolute Gasteiger partial charge is 0.224 e. The van der Waals surface area contributed by atoms with Crippen LogP contribution in [-0.2, 0) is 4.79 Å². The Hall–Kier alpha value is -1.94. The normalized spacial score (nSPS) is 10.4. The number of hydrogen-bond acceptors (Lipinski definition) is 3. The molecule has 1 aromatic heterocycles. The average molecular weight is 301 g/mol. The molecule has 1 N–H and O–H groups in total. The zero-order valence-electron chi connectivity index (χ0n) is 12.5. The summed E-state index contributed by atoms with van der Waals surface area (Å²) in [6.07, 6.45) is 0.458. The van der Waals surface area contributed by atoms with Gasteiger partial charge in [-0.1, -0.05) is 12.1 Å². The Morgan fingerprint density at radius 3 is 2.48 bits per heavy atom. The van der Waals surface area contributed by atoms with Gasteiger partial charge in [-0.25, -0.2) is 0 Å². The Labute approximate surface area is 129 Å². The molecule has 0 aliphatic carbocycles. The van der Waals surface area contributed by atoms with Crippen molar-refractivity contribution in [3.05, 3.63) is 51.2 Å². The highest BCUT2D eigenvalue weighted by Gasteiger charge is 2.12. The summed E-state index contributed by atoms with van der Waals surface area (Å²) < 4.78 is 0. The second kappa shape index (κ2) is 6.68. The Kier molecular flexibility index (Phi) is 4.91. The van der Waals surface area contributed by atoms with Gasteiger partial charge in [0.1, 0.15) is 0 Å². The van der Waals surface area contributed by atoms with E-state index in [2.05, 4.69) is 5.32 Å². The van der Waals surface area contributed by atoms with E-state index in [1.165, 1.54) is 11.3 Å². The lowest BCUT2D eigenvalue weighted by molar-refractivity contribution is -0.116. The minimum Gasteiger partial charge on any atom is -0.326 e. The molecule has 0 atom stereocenters. The molecule has 110 valence electrons. The van der Waals surface area contributed by atoms with Crippen LogP contribution in [0.5, 0.6) is 0 Å². The van der Waals surface area contributed by atoms with E-state index in [-0.39, 0.29) is 24.5 Å². The number of hydrogen-bond donors (Lipinski definition) is 1. The molecule has 0 unspecified atom stereocenters. The molecule has 21 heavy (non-hydrogen) atoms. The highest BCUT2D eigenvalue weighted by molar-refractivity contribution is 7.14. The molecule has 2 rings (SSSR count). The van der Waals surface area contributed by atoms with Gasteiger partial charge >= 0.3 is 0 Å². The number of thiophene rings is 1. The molecule has 0 radical (unpaired) electrons. The van der Waals surface area contributed by atoms with Crippen molar-refractivity contribution in [1.82, 2.24) is 0 Å². The number of nitrogens with one attached hydrogen (secondary N) is 1. The Balaban J connectivity index is 1.90. The molecular weight excluding hydrogens is 282 g/mol. The molecule has 1 heterocycles. The summed E-state index contributed by atoms with van der Waals surface area (Å²) in [7, 11) is 0. The van der Waals surface area contributed by atoms with Crippen molar-refractivity contribution in [2.75, 3.05) is 5.32 Å². The lowest BCUT2D eigenvalue weighted by atomic mass is 10.1. The highest BCUT2D eigenvalue weighted by atomic mass is 32.1. The van der Waals surface area contributed by atoms with E-state index in [0.717, 1.165) is 26.6 Å². The minimum atomic E-state index is -0.120. The highest BCUT2D eigenvalue weighted by Crippen LogP contribution is 2.20. The van der Waals surface area contributed by atoms with Crippen LogP contribution in [0.15, 0.2) is 30.3 Å². The van der Waals surface area contributed by atoms with Crippen LogP contribution < -0.4 is 5.32 Å². The van der Waals surface area contributed by atoms with E-state index in [4.69, 9.17) is 0 Å². The van der Waals surface area contributed by atoms with Gasteiger partial charge in [0.05, 0.1) is 4.88 Å². The van der Waals surface area contributed by atoms with Crippen LogP contribution in [0.25, 0.3) is 0 Å². The van der Waals surface area contributed by atoms with Gasteiger partial charge in [-0.05, 0) is 50.1 Å². The van der Waals surface area contributed by atoms with E-state index in [9.17, 15) is 9.59 Å². The number of amides is 1. The number of ketones is 1. The molecule has 0 spiro atoms. The lowest BCUT2D eigenvalue weighted by Gasteiger charge is -2.09. The van der Waals surface area contributed by atoms with Crippen molar-refractivity contribution >= 4 is 28.7 Å². The quantitative estimate of drug-likeness (QED) is 0.838. The van der Waals surface area contributed by atoms with Crippen molar-refractivity contribution < 1.29 is 9.59 Å². The van der Waals surface area contributed by atoms with Crippen LogP contribution in [0.1, 0.15) is 38.5 Å². The number of benzene rings is 1. The average Bonchev–Trinajstić information content (AvgIpc) is 2.88. The summed E-state index contributed by atoms with van der Waals surface area (Å²) in [5.74, 6) is -0.0884. The van der Waals surface area contributed by atoms with Crippen molar-refractivity contribution in [2.45, 2.75) is 33.6 Å². The maximum atomic E-state index is 12.0. The largest absolute Gasteiger partial charge is 0.326 e. The SMILES string of the molecule is Cc1ccc(C(=O)CCC(=O)Nc2cccc(C)c2C)s1. The third kappa shape index (κ3) is 4.02. The number of carbonyl (C=O) groups is 2. The van der Waals surface area contributed by atoms with Crippen LogP contribution in [0.2, 0.25) is 0 Å². The van der Waals surface area contributed by atoms with Crippen molar-refractivity contribution in [2.24, 2.45) is 0 Å². The fourth-order valence-electron chi connectivity index (χ4n) is 2.03. The summed E-state index contributed by atoms with van der Waals surface area (Å²) in [4.78, 5) is 25.8. The van der Waals surface area contributed by atoms with Crippen LogP contribution in [-0.4, -0.2) is 11.7 Å². The first-order chi connectivity index (χ1) is 9.97. The fraction of sp³-hybridized carbons (Fsp3) is 0.294. The molecule has 4 heteroatoms. The molecule has 2 aromatic rings. The van der Waals surface area contributed by atoms with Crippen LogP contribution in [0, 0.1) is 20.8 Å². The first-order valence-corrected chi connectivity index (χ1v) is 7.74. The molecule has 1 amide bonds. The Morgan fingerprint density at radius 1 is 1.05 bits per heavy atom. The lowest BCUT2D eigenvalue weighted by Crippen LogP contribution is -2.14.